The number of amides is 1. The molecule has 1 fully saturated rings. The van der Waals surface area contributed by atoms with Gasteiger partial charge in [-0.1, -0.05) is 35.9 Å². The van der Waals surface area contributed by atoms with Crippen molar-refractivity contribution in [3.05, 3.63) is 77.0 Å². The third-order valence-electron chi connectivity index (χ3n) is 5.63. The number of nitrogens with zero attached hydrogens (tertiary/aromatic N) is 6. The number of carbonyl (C=O) groups is 1. The summed E-state index contributed by atoms with van der Waals surface area (Å²) >= 11 is 6.62. The van der Waals surface area contributed by atoms with Crippen molar-refractivity contribution >= 4 is 23.2 Å². The molecule has 0 spiro atoms. The molecule has 4 aromatic rings. The van der Waals surface area contributed by atoms with Gasteiger partial charge in [-0.3, -0.25) is 9.20 Å². The van der Waals surface area contributed by atoms with Crippen molar-refractivity contribution in [3.63, 3.8) is 0 Å². The quantitative estimate of drug-likeness (QED) is 0.504. The second-order valence-electron chi connectivity index (χ2n) is 7.58. The van der Waals surface area contributed by atoms with E-state index in [9.17, 15) is 4.79 Å². The van der Waals surface area contributed by atoms with Crippen LogP contribution in [0.15, 0.2) is 54.7 Å². The molecule has 0 saturated carbocycles. The minimum absolute atomic E-state index is 0.0850. The van der Waals surface area contributed by atoms with Gasteiger partial charge < -0.3 is 4.90 Å². The van der Waals surface area contributed by atoms with Gasteiger partial charge in [0.15, 0.2) is 5.65 Å². The summed E-state index contributed by atoms with van der Waals surface area (Å²) in [4.78, 5) is 15.3. The molecule has 1 aliphatic rings. The van der Waals surface area contributed by atoms with Crippen LogP contribution in [0.5, 0.6) is 0 Å². The van der Waals surface area contributed by atoms with Gasteiger partial charge >= 0.3 is 0 Å². The topological polar surface area (TPSA) is 68.3 Å². The largest absolute Gasteiger partial charge is 0.338 e. The van der Waals surface area contributed by atoms with E-state index in [0.717, 1.165) is 30.0 Å². The van der Waals surface area contributed by atoms with E-state index in [4.69, 9.17) is 11.6 Å². The molecule has 1 aromatic carbocycles. The first-order valence-corrected chi connectivity index (χ1v) is 10.4. The number of pyridine rings is 1. The van der Waals surface area contributed by atoms with Crippen LogP contribution in [-0.2, 0) is 0 Å². The number of hydrogen-bond donors (Lipinski definition) is 0. The zero-order valence-electron chi connectivity index (χ0n) is 16.6. The highest BCUT2D eigenvalue weighted by molar-refractivity contribution is 6.33. The Labute approximate surface area is 178 Å². The van der Waals surface area contributed by atoms with Gasteiger partial charge in [-0.05, 0) is 44.0 Å². The van der Waals surface area contributed by atoms with Crippen molar-refractivity contribution in [1.29, 1.82) is 0 Å². The molecule has 7 nitrogen and oxygen atoms in total. The van der Waals surface area contributed by atoms with Crippen molar-refractivity contribution in [3.8, 4) is 5.69 Å². The maximum atomic E-state index is 13.4. The third kappa shape index (κ3) is 3.15. The molecule has 1 amide bonds. The van der Waals surface area contributed by atoms with Crippen LogP contribution in [0.2, 0.25) is 5.15 Å². The first-order valence-electron chi connectivity index (χ1n) is 10.0. The van der Waals surface area contributed by atoms with E-state index in [-0.39, 0.29) is 11.8 Å². The number of para-hydroxylation sites is 1. The standard InChI is InChI=1S/C22H21ClN6O/c1-15-19(20(23)29(26-15)17-9-3-2-4-10-17)22(30)27-12-7-8-16(14-27)21-25-24-18-11-5-6-13-28(18)21/h2-6,9-11,13,16H,7-8,12,14H2,1H3/t16-/m0/s1. The Balaban J connectivity index is 1.43. The molecule has 1 atom stereocenters. The van der Waals surface area contributed by atoms with Crippen LogP contribution in [0, 0.1) is 6.92 Å². The second-order valence-corrected chi connectivity index (χ2v) is 7.93. The average Bonchev–Trinajstić information content (AvgIpc) is 3.34. The summed E-state index contributed by atoms with van der Waals surface area (Å²) in [6.07, 6.45) is 3.84. The molecule has 30 heavy (non-hydrogen) atoms. The summed E-state index contributed by atoms with van der Waals surface area (Å²) in [6.45, 7) is 3.10. The number of piperidine rings is 1. The Bertz CT molecular complexity index is 1220. The van der Waals surface area contributed by atoms with E-state index < -0.39 is 0 Å². The Hall–Kier alpha value is -3.19. The van der Waals surface area contributed by atoms with Crippen LogP contribution in [-0.4, -0.2) is 48.3 Å². The predicted molar refractivity (Wildman–Crippen MR) is 114 cm³/mol. The number of hydrogen-bond acceptors (Lipinski definition) is 4. The Kier molecular flexibility index (Phi) is 4.75. The summed E-state index contributed by atoms with van der Waals surface area (Å²) < 4.78 is 3.63. The number of rotatable bonds is 3. The summed E-state index contributed by atoms with van der Waals surface area (Å²) in [7, 11) is 0. The number of halogens is 1. The molecule has 0 aliphatic carbocycles. The molecular formula is C22H21ClN6O. The Morgan fingerprint density at radius 2 is 1.90 bits per heavy atom. The number of likely N-dealkylation sites (tertiary alicyclic amines) is 1. The van der Waals surface area contributed by atoms with Crippen LogP contribution in [0.4, 0.5) is 0 Å². The van der Waals surface area contributed by atoms with Crippen LogP contribution in [0.25, 0.3) is 11.3 Å². The summed E-state index contributed by atoms with van der Waals surface area (Å²) in [6, 6.07) is 15.4. The zero-order chi connectivity index (χ0) is 20.7. The molecule has 1 saturated heterocycles. The summed E-state index contributed by atoms with van der Waals surface area (Å²) in [5.41, 5.74) is 2.74. The highest BCUT2D eigenvalue weighted by Gasteiger charge is 2.31. The van der Waals surface area contributed by atoms with Gasteiger partial charge in [0, 0.05) is 25.2 Å². The molecule has 0 bridgehead atoms. The first-order chi connectivity index (χ1) is 14.6. The van der Waals surface area contributed by atoms with Crippen molar-refractivity contribution in [2.24, 2.45) is 0 Å². The van der Waals surface area contributed by atoms with E-state index in [1.165, 1.54) is 0 Å². The molecule has 0 radical (unpaired) electrons. The fourth-order valence-corrected chi connectivity index (χ4v) is 4.50. The highest BCUT2D eigenvalue weighted by atomic mass is 35.5. The van der Waals surface area contributed by atoms with E-state index in [1.54, 1.807) is 4.68 Å². The van der Waals surface area contributed by atoms with Gasteiger partial charge in [-0.2, -0.15) is 5.10 Å². The number of carbonyl (C=O) groups excluding carboxylic acids is 1. The van der Waals surface area contributed by atoms with Crippen molar-refractivity contribution in [1.82, 2.24) is 29.3 Å². The van der Waals surface area contributed by atoms with E-state index in [2.05, 4.69) is 15.3 Å². The summed E-state index contributed by atoms with van der Waals surface area (Å²) in [5, 5.41) is 13.5. The van der Waals surface area contributed by atoms with Gasteiger partial charge in [0.25, 0.3) is 5.91 Å². The van der Waals surface area contributed by atoms with E-state index >= 15 is 0 Å². The van der Waals surface area contributed by atoms with Crippen LogP contribution in [0.3, 0.4) is 0 Å². The smallest absolute Gasteiger partial charge is 0.258 e. The lowest BCUT2D eigenvalue weighted by molar-refractivity contribution is 0.0703. The first kappa shape index (κ1) is 18.8. The van der Waals surface area contributed by atoms with Crippen LogP contribution < -0.4 is 0 Å². The maximum absolute atomic E-state index is 13.4. The van der Waals surface area contributed by atoms with Gasteiger partial charge in [0.05, 0.1) is 16.9 Å². The molecule has 3 aromatic heterocycles. The lowest BCUT2D eigenvalue weighted by Crippen LogP contribution is -2.39. The molecule has 4 heterocycles. The monoisotopic (exact) mass is 420 g/mol. The lowest BCUT2D eigenvalue weighted by atomic mass is 9.96. The lowest BCUT2D eigenvalue weighted by Gasteiger charge is -2.32. The maximum Gasteiger partial charge on any atom is 0.258 e. The Morgan fingerprint density at radius 1 is 1.10 bits per heavy atom. The molecule has 0 unspecified atom stereocenters. The average molecular weight is 421 g/mol. The van der Waals surface area contributed by atoms with Gasteiger partial charge in [0.2, 0.25) is 0 Å². The fraction of sp³-hybridized carbons (Fsp3) is 0.273. The minimum atomic E-state index is -0.0850. The van der Waals surface area contributed by atoms with Gasteiger partial charge in [-0.15, -0.1) is 10.2 Å². The molecule has 0 N–H and O–H groups in total. The molecule has 1 aliphatic heterocycles. The molecule has 8 heteroatoms. The highest BCUT2D eigenvalue weighted by Crippen LogP contribution is 2.30. The third-order valence-corrected chi connectivity index (χ3v) is 5.98. The molecule has 5 rings (SSSR count). The number of benzene rings is 1. The number of fused-ring (bicyclic) bond motifs is 1. The molecule has 152 valence electrons. The SMILES string of the molecule is Cc1nn(-c2ccccc2)c(Cl)c1C(=O)N1CCC[C@H](c2nnc3ccccn23)C1. The Morgan fingerprint density at radius 3 is 2.73 bits per heavy atom. The van der Waals surface area contributed by atoms with Crippen molar-refractivity contribution in [2.45, 2.75) is 25.7 Å². The number of aryl methyl sites for hydroxylation is 1. The van der Waals surface area contributed by atoms with Crippen LogP contribution in [0.1, 0.15) is 40.6 Å². The van der Waals surface area contributed by atoms with Gasteiger partial charge in [-0.25, -0.2) is 4.68 Å². The van der Waals surface area contributed by atoms with E-state index in [0.29, 0.717) is 29.5 Å². The van der Waals surface area contributed by atoms with Crippen molar-refractivity contribution in [2.75, 3.05) is 13.1 Å². The molecular weight excluding hydrogens is 400 g/mol. The van der Waals surface area contributed by atoms with Gasteiger partial charge in [0.1, 0.15) is 11.0 Å². The van der Waals surface area contributed by atoms with Crippen LogP contribution >= 0.6 is 11.6 Å². The number of aromatic nitrogens is 5. The minimum Gasteiger partial charge on any atom is -0.338 e. The fourth-order valence-electron chi connectivity index (χ4n) is 4.15. The normalized spacial score (nSPS) is 16.9. The zero-order valence-corrected chi connectivity index (χ0v) is 17.3. The summed E-state index contributed by atoms with van der Waals surface area (Å²) in [5.74, 6) is 0.937. The van der Waals surface area contributed by atoms with Crippen molar-refractivity contribution < 1.29 is 4.79 Å². The predicted octanol–water partition coefficient (Wildman–Crippen LogP) is 3.90. The van der Waals surface area contributed by atoms with E-state index in [1.807, 2.05) is 71.0 Å². The second kappa shape index (κ2) is 7.57.